The Morgan fingerprint density at radius 3 is 2.67 bits per heavy atom. The zero-order valence-corrected chi connectivity index (χ0v) is 12.6. The number of aromatic nitrogens is 2. The summed E-state index contributed by atoms with van der Waals surface area (Å²) >= 11 is 1.00. The minimum absolute atomic E-state index is 0.212. The highest BCUT2D eigenvalue weighted by molar-refractivity contribution is 6.99. The number of carbonyl (C=O) groups is 2. The number of carbonyl (C=O) groups excluding carboxylic acids is 1. The molecule has 3 rings (SSSR count). The largest absolute Gasteiger partial charge is 0.481 e. The topological polar surface area (TPSA) is 92.6 Å². The molecule has 2 aliphatic heterocycles. The van der Waals surface area contributed by atoms with Gasteiger partial charge in [-0.15, -0.1) is 0 Å². The van der Waals surface area contributed by atoms with Gasteiger partial charge in [0, 0.05) is 31.7 Å². The number of carboxylic acids is 1. The van der Waals surface area contributed by atoms with Crippen LogP contribution in [0.1, 0.15) is 29.0 Å². The summed E-state index contributed by atoms with van der Waals surface area (Å²) in [5.41, 5.74) is 0.579. The molecule has 1 unspecified atom stereocenters. The summed E-state index contributed by atoms with van der Waals surface area (Å²) in [6, 6.07) is 0. The van der Waals surface area contributed by atoms with E-state index in [9.17, 15) is 14.7 Å². The maximum absolute atomic E-state index is 12.5. The van der Waals surface area contributed by atoms with Crippen LogP contribution in [0.2, 0.25) is 0 Å². The highest BCUT2D eigenvalue weighted by Crippen LogP contribution is 2.44. The van der Waals surface area contributed by atoms with Crippen LogP contribution in [0.15, 0.2) is 0 Å². The van der Waals surface area contributed by atoms with Crippen LogP contribution in [0.5, 0.6) is 0 Å². The summed E-state index contributed by atoms with van der Waals surface area (Å²) in [4.78, 5) is 25.7. The molecule has 0 bridgehead atoms. The number of carboxylic acid groups (broad SMARTS) is 1. The van der Waals surface area contributed by atoms with E-state index in [2.05, 4.69) is 8.75 Å². The Morgan fingerprint density at radius 2 is 2.10 bits per heavy atom. The van der Waals surface area contributed by atoms with Crippen molar-refractivity contribution in [3.05, 3.63) is 11.4 Å². The molecule has 2 fully saturated rings. The summed E-state index contributed by atoms with van der Waals surface area (Å²) in [6.07, 6.45) is 1.37. The van der Waals surface area contributed by atoms with Crippen LogP contribution in [0.3, 0.4) is 0 Å². The lowest BCUT2D eigenvalue weighted by Gasteiger charge is -2.36. The molecule has 0 aromatic carbocycles. The average Bonchev–Trinajstić information content (AvgIpc) is 3.03. The number of likely N-dealkylation sites (tertiary alicyclic amines) is 1. The number of rotatable bonds is 2. The Bertz CT molecular complexity index is 568. The van der Waals surface area contributed by atoms with Gasteiger partial charge in [0.25, 0.3) is 5.91 Å². The first-order valence-corrected chi connectivity index (χ1v) is 7.65. The zero-order valence-electron chi connectivity index (χ0n) is 11.7. The highest BCUT2D eigenvalue weighted by atomic mass is 32.1. The van der Waals surface area contributed by atoms with E-state index in [4.69, 9.17) is 4.74 Å². The van der Waals surface area contributed by atoms with E-state index >= 15 is 0 Å². The van der Waals surface area contributed by atoms with Crippen molar-refractivity contribution < 1.29 is 19.4 Å². The fourth-order valence-corrected chi connectivity index (χ4v) is 3.87. The van der Waals surface area contributed by atoms with Crippen molar-refractivity contribution in [3.8, 4) is 0 Å². The van der Waals surface area contributed by atoms with Crippen LogP contribution >= 0.6 is 11.7 Å². The predicted octanol–water partition coefficient (Wildman–Crippen LogP) is 0.800. The van der Waals surface area contributed by atoms with Crippen LogP contribution < -0.4 is 0 Å². The molecule has 0 radical (unpaired) electrons. The van der Waals surface area contributed by atoms with Crippen molar-refractivity contribution in [3.63, 3.8) is 0 Å². The minimum Gasteiger partial charge on any atom is -0.481 e. The van der Waals surface area contributed by atoms with E-state index in [0.717, 1.165) is 11.7 Å². The molecule has 2 aliphatic rings. The quantitative estimate of drug-likeness (QED) is 0.868. The van der Waals surface area contributed by atoms with Crippen molar-refractivity contribution in [1.82, 2.24) is 13.6 Å². The van der Waals surface area contributed by atoms with Crippen LogP contribution in [-0.2, 0) is 9.53 Å². The van der Waals surface area contributed by atoms with Crippen molar-refractivity contribution in [1.29, 1.82) is 0 Å². The van der Waals surface area contributed by atoms with Gasteiger partial charge in [0.2, 0.25) is 0 Å². The molecule has 7 nitrogen and oxygen atoms in total. The molecule has 1 atom stereocenters. The summed E-state index contributed by atoms with van der Waals surface area (Å²) in [5, 5.41) is 9.51. The molecular weight excluding hydrogens is 294 g/mol. The van der Waals surface area contributed by atoms with Gasteiger partial charge in [-0.25, -0.2) is 0 Å². The first-order valence-electron chi connectivity index (χ1n) is 6.92. The van der Waals surface area contributed by atoms with Gasteiger partial charge >= 0.3 is 5.97 Å². The summed E-state index contributed by atoms with van der Waals surface area (Å²) in [6.45, 7) is 3.56. The molecule has 0 aliphatic carbocycles. The number of hydrogen-bond donors (Lipinski definition) is 1. The first-order chi connectivity index (χ1) is 10.0. The van der Waals surface area contributed by atoms with Gasteiger partial charge in [-0.05, 0) is 19.8 Å². The van der Waals surface area contributed by atoms with Gasteiger partial charge in [-0.1, -0.05) is 0 Å². The highest BCUT2D eigenvalue weighted by Gasteiger charge is 2.52. The molecule has 2 saturated heterocycles. The van der Waals surface area contributed by atoms with Crippen molar-refractivity contribution in [2.75, 3.05) is 26.3 Å². The molecule has 21 heavy (non-hydrogen) atoms. The molecule has 1 amide bonds. The fraction of sp³-hybridized carbons (Fsp3) is 0.692. The van der Waals surface area contributed by atoms with E-state index < -0.39 is 11.9 Å². The first kappa shape index (κ1) is 14.4. The van der Waals surface area contributed by atoms with E-state index in [1.807, 2.05) is 0 Å². The maximum Gasteiger partial charge on any atom is 0.308 e. The van der Waals surface area contributed by atoms with Crippen molar-refractivity contribution >= 4 is 23.6 Å². The number of nitrogens with zero attached hydrogens (tertiary/aromatic N) is 3. The second-order valence-electron chi connectivity index (χ2n) is 5.75. The predicted molar refractivity (Wildman–Crippen MR) is 74.2 cm³/mol. The smallest absolute Gasteiger partial charge is 0.308 e. The molecular formula is C13H17N3O4S. The van der Waals surface area contributed by atoms with Gasteiger partial charge in [-0.2, -0.15) is 8.75 Å². The third-order valence-electron chi connectivity index (χ3n) is 4.58. The van der Waals surface area contributed by atoms with E-state index in [-0.39, 0.29) is 17.9 Å². The van der Waals surface area contributed by atoms with E-state index in [0.29, 0.717) is 44.0 Å². The fourth-order valence-electron chi connectivity index (χ4n) is 3.32. The van der Waals surface area contributed by atoms with E-state index in [1.54, 1.807) is 11.8 Å². The Kier molecular flexibility index (Phi) is 3.66. The molecule has 8 heteroatoms. The van der Waals surface area contributed by atoms with Crippen molar-refractivity contribution in [2.24, 2.45) is 11.3 Å². The van der Waals surface area contributed by atoms with Crippen LogP contribution in [0, 0.1) is 18.3 Å². The van der Waals surface area contributed by atoms with Crippen LogP contribution in [0.25, 0.3) is 0 Å². The van der Waals surface area contributed by atoms with Gasteiger partial charge in [0.15, 0.2) is 5.69 Å². The Labute approximate surface area is 126 Å². The molecule has 1 spiro atoms. The monoisotopic (exact) mass is 311 g/mol. The van der Waals surface area contributed by atoms with Crippen LogP contribution in [0.4, 0.5) is 0 Å². The number of aryl methyl sites for hydroxylation is 1. The SMILES string of the molecule is Cc1nsnc1C(=O)N1CC(C(=O)O)C2(CCOCC2)C1. The van der Waals surface area contributed by atoms with Gasteiger partial charge in [0.05, 0.1) is 23.3 Å². The molecule has 1 aromatic rings. The number of aliphatic carboxylic acids is 1. The molecule has 0 saturated carbocycles. The van der Waals surface area contributed by atoms with Gasteiger partial charge in [-0.3, -0.25) is 9.59 Å². The Morgan fingerprint density at radius 1 is 1.38 bits per heavy atom. The number of ether oxygens (including phenoxy) is 1. The van der Waals surface area contributed by atoms with Crippen molar-refractivity contribution in [2.45, 2.75) is 19.8 Å². The Hall–Kier alpha value is -1.54. The third-order valence-corrected chi connectivity index (χ3v) is 5.20. The molecule has 114 valence electrons. The molecule has 1 aromatic heterocycles. The van der Waals surface area contributed by atoms with Gasteiger partial charge < -0.3 is 14.7 Å². The summed E-state index contributed by atoms with van der Waals surface area (Å²) < 4.78 is 13.4. The lowest BCUT2D eigenvalue weighted by molar-refractivity contribution is -0.146. The molecule has 3 heterocycles. The summed E-state index contributed by atoms with van der Waals surface area (Å²) in [5.74, 6) is -1.58. The second kappa shape index (κ2) is 5.34. The Balaban J connectivity index is 1.85. The minimum atomic E-state index is -0.833. The maximum atomic E-state index is 12.5. The molecule has 1 N–H and O–H groups in total. The lowest BCUT2D eigenvalue weighted by atomic mass is 9.72. The lowest BCUT2D eigenvalue weighted by Crippen LogP contribution is -2.40. The standard InChI is InChI=1S/C13H17N3O4S/c1-8-10(15-21-14-8)11(17)16-6-9(12(18)19)13(7-16)2-4-20-5-3-13/h9H,2-7H2,1H3,(H,18,19). The summed E-state index contributed by atoms with van der Waals surface area (Å²) in [7, 11) is 0. The second-order valence-corrected chi connectivity index (χ2v) is 6.28. The normalized spacial score (nSPS) is 24.4. The zero-order chi connectivity index (χ0) is 15.0. The van der Waals surface area contributed by atoms with Gasteiger partial charge in [0.1, 0.15) is 0 Å². The number of amides is 1. The van der Waals surface area contributed by atoms with Crippen LogP contribution in [-0.4, -0.2) is 56.9 Å². The van der Waals surface area contributed by atoms with E-state index in [1.165, 1.54) is 0 Å². The number of hydrogen-bond acceptors (Lipinski definition) is 6. The average molecular weight is 311 g/mol. The third kappa shape index (κ3) is 2.42.